The largest absolute Gasteiger partial charge is 0.473 e. The molecule has 0 radical (unpaired) electrons. The highest BCUT2D eigenvalue weighted by atomic mass is 32.2. The molecule has 0 bridgehead atoms. The van der Waals surface area contributed by atoms with E-state index < -0.39 is 9.84 Å². The second-order valence-corrected chi connectivity index (χ2v) is 7.38. The van der Waals surface area contributed by atoms with Crippen LogP contribution in [0.2, 0.25) is 0 Å². The molecule has 0 aromatic carbocycles. The Balaban J connectivity index is 2.24. The van der Waals surface area contributed by atoms with Crippen molar-refractivity contribution in [1.29, 1.82) is 0 Å². The lowest BCUT2D eigenvalue weighted by molar-refractivity contribution is 0.234. The fourth-order valence-corrected chi connectivity index (χ4v) is 3.36. The van der Waals surface area contributed by atoms with Crippen molar-refractivity contribution in [3.8, 4) is 5.88 Å². The molecule has 1 aliphatic heterocycles. The third-order valence-corrected chi connectivity index (χ3v) is 4.74. The summed E-state index contributed by atoms with van der Waals surface area (Å²) in [6.45, 7) is 4.78. The summed E-state index contributed by atoms with van der Waals surface area (Å²) in [5.41, 5.74) is 6.40. The van der Waals surface area contributed by atoms with Gasteiger partial charge in [0.05, 0.1) is 17.6 Å². The molecule has 1 saturated heterocycles. The lowest BCUT2D eigenvalue weighted by atomic mass is 10.3. The minimum atomic E-state index is -2.96. The minimum Gasteiger partial charge on any atom is -0.473 e. The Bertz CT molecular complexity index is 574. The van der Waals surface area contributed by atoms with E-state index >= 15 is 0 Å². The zero-order valence-corrected chi connectivity index (χ0v) is 12.6. The molecule has 1 aliphatic rings. The molecule has 1 aromatic rings. The molecule has 112 valence electrons. The van der Waals surface area contributed by atoms with Crippen molar-refractivity contribution in [3.05, 3.63) is 6.33 Å². The molecule has 8 heteroatoms. The molecule has 2 N–H and O–H groups in total. The van der Waals surface area contributed by atoms with E-state index in [-0.39, 0.29) is 17.6 Å². The van der Waals surface area contributed by atoms with E-state index in [0.717, 1.165) is 0 Å². The fraction of sp³-hybridized carbons (Fsp3) is 0.667. The Morgan fingerprint density at radius 2 is 2.05 bits per heavy atom. The molecular weight excluding hydrogens is 280 g/mol. The number of nitrogens with two attached hydrogens (primary N) is 1. The summed E-state index contributed by atoms with van der Waals surface area (Å²) >= 11 is 0. The SMILES string of the molecule is CC(C)Oc1ncnc(N2CCCS(=O)(=O)CC2)c1N. The summed E-state index contributed by atoms with van der Waals surface area (Å²) in [7, 11) is -2.96. The Morgan fingerprint density at radius 1 is 1.30 bits per heavy atom. The van der Waals surface area contributed by atoms with E-state index in [0.29, 0.717) is 36.9 Å². The van der Waals surface area contributed by atoms with Crippen molar-refractivity contribution >= 4 is 21.3 Å². The molecule has 0 spiro atoms. The first-order valence-electron chi connectivity index (χ1n) is 6.61. The maximum Gasteiger partial charge on any atom is 0.242 e. The first-order chi connectivity index (χ1) is 9.39. The van der Waals surface area contributed by atoms with Gasteiger partial charge in [-0.25, -0.2) is 13.4 Å². The smallest absolute Gasteiger partial charge is 0.242 e. The van der Waals surface area contributed by atoms with Crippen molar-refractivity contribution in [2.24, 2.45) is 0 Å². The third kappa shape index (κ3) is 3.50. The quantitative estimate of drug-likeness (QED) is 0.866. The molecule has 7 nitrogen and oxygen atoms in total. The van der Waals surface area contributed by atoms with Crippen LogP contribution in [0.4, 0.5) is 11.5 Å². The summed E-state index contributed by atoms with van der Waals surface area (Å²) in [6.07, 6.45) is 1.93. The molecule has 20 heavy (non-hydrogen) atoms. The molecule has 1 fully saturated rings. The molecular formula is C12H20N4O3S. The zero-order valence-electron chi connectivity index (χ0n) is 11.7. The highest BCUT2D eigenvalue weighted by Gasteiger charge is 2.23. The number of hydrogen-bond acceptors (Lipinski definition) is 7. The Morgan fingerprint density at radius 3 is 2.75 bits per heavy atom. The number of nitrogens with zero attached hydrogens (tertiary/aromatic N) is 3. The van der Waals surface area contributed by atoms with Crippen molar-refractivity contribution in [2.45, 2.75) is 26.4 Å². The first-order valence-corrected chi connectivity index (χ1v) is 8.43. The number of ether oxygens (including phenoxy) is 1. The molecule has 0 amide bonds. The molecule has 0 aliphatic carbocycles. The summed E-state index contributed by atoms with van der Waals surface area (Å²) in [5, 5.41) is 0. The van der Waals surface area contributed by atoms with E-state index in [1.54, 1.807) is 0 Å². The minimum absolute atomic E-state index is 0.0374. The molecule has 2 heterocycles. The van der Waals surface area contributed by atoms with Crippen LogP contribution in [0.25, 0.3) is 0 Å². The van der Waals surface area contributed by atoms with Gasteiger partial charge < -0.3 is 15.4 Å². The van der Waals surface area contributed by atoms with Gasteiger partial charge in [-0.3, -0.25) is 0 Å². The summed E-state index contributed by atoms with van der Waals surface area (Å²) < 4.78 is 28.8. The molecule has 0 saturated carbocycles. The van der Waals surface area contributed by atoms with E-state index in [2.05, 4.69) is 9.97 Å². The maximum absolute atomic E-state index is 11.6. The Hall–Kier alpha value is -1.57. The molecule has 0 atom stereocenters. The average molecular weight is 300 g/mol. The van der Waals surface area contributed by atoms with Crippen LogP contribution in [0.15, 0.2) is 6.33 Å². The lowest BCUT2D eigenvalue weighted by Gasteiger charge is -2.23. The summed E-state index contributed by atoms with van der Waals surface area (Å²) in [5.74, 6) is 1.23. The highest BCUT2D eigenvalue weighted by molar-refractivity contribution is 7.91. The van der Waals surface area contributed by atoms with Crippen LogP contribution in [0.3, 0.4) is 0 Å². The standard InChI is InChI=1S/C12H20N4O3S/c1-9(2)19-12-10(13)11(14-8-15-12)16-4-3-6-20(17,18)7-5-16/h8-9H,3-7,13H2,1-2H3. The van der Waals surface area contributed by atoms with E-state index in [4.69, 9.17) is 10.5 Å². The topological polar surface area (TPSA) is 98.4 Å². The van der Waals surface area contributed by atoms with Gasteiger partial charge in [0.15, 0.2) is 15.7 Å². The number of nitrogen functional groups attached to an aromatic ring is 1. The van der Waals surface area contributed by atoms with Crippen molar-refractivity contribution in [3.63, 3.8) is 0 Å². The van der Waals surface area contributed by atoms with E-state index in [1.165, 1.54) is 6.33 Å². The zero-order chi connectivity index (χ0) is 14.8. The van der Waals surface area contributed by atoms with Gasteiger partial charge in [0.2, 0.25) is 5.88 Å². The van der Waals surface area contributed by atoms with Crippen LogP contribution >= 0.6 is 0 Å². The third-order valence-electron chi connectivity index (χ3n) is 3.03. The predicted octanol–water partition coefficient (Wildman–Crippen LogP) is 0.471. The van der Waals surface area contributed by atoms with Crippen LogP contribution in [0.5, 0.6) is 5.88 Å². The molecule has 0 unspecified atom stereocenters. The average Bonchev–Trinajstić information content (AvgIpc) is 2.53. The van der Waals surface area contributed by atoms with Gasteiger partial charge in [0.25, 0.3) is 0 Å². The number of rotatable bonds is 3. The van der Waals surface area contributed by atoms with Gasteiger partial charge in [0.1, 0.15) is 12.0 Å². The number of anilines is 2. The monoisotopic (exact) mass is 300 g/mol. The van der Waals surface area contributed by atoms with Gasteiger partial charge in [-0.1, -0.05) is 0 Å². The number of hydrogen-bond donors (Lipinski definition) is 1. The van der Waals surface area contributed by atoms with Gasteiger partial charge in [-0.2, -0.15) is 4.98 Å². The molecule has 1 aromatic heterocycles. The van der Waals surface area contributed by atoms with E-state index in [9.17, 15) is 8.42 Å². The van der Waals surface area contributed by atoms with Gasteiger partial charge in [-0.15, -0.1) is 0 Å². The van der Waals surface area contributed by atoms with Crippen LogP contribution in [0, 0.1) is 0 Å². The Labute approximate surface area is 119 Å². The second-order valence-electron chi connectivity index (χ2n) is 5.08. The van der Waals surface area contributed by atoms with Crippen LogP contribution in [-0.2, 0) is 9.84 Å². The molecule has 2 rings (SSSR count). The number of sulfone groups is 1. The highest BCUT2D eigenvalue weighted by Crippen LogP contribution is 2.29. The van der Waals surface area contributed by atoms with Crippen molar-refractivity contribution in [1.82, 2.24) is 9.97 Å². The van der Waals surface area contributed by atoms with Gasteiger partial charge in [-0.05, 0) is 20.3 Å². The summed E-state index contributed by atoms with van der Waals surface area (Å²) in [6, 6.07) is 0. The second kappa shape index (κ2) is 5.82. The predicted molar refractivity (Wildman–Crippen MR) is 77.7 cm³/mol. The van der Waals surface area contributed by atoms with Crippen LogP contribution in [0.1, 0.15) is 20.3 Å². The maximum atomic E-state index is 11.6. The summed E-state index contributed by atoms with van der Waals surface area (Å²) in [4.78, 5) is 10.1. The van der Waals surface area contributed by atoms with Crippen LogP contribution < -0.4 is 15.4 Å². The lowest BCUT2D eigenvalue weighted by Crippen LogP contribution is -2.28. The van der Waals surface area contributed by atoms with Gasteiger partial charge in [0, 0.05) is 13.1 Å². The van der Waals surface area contributed by atoms with E-state index in [1.807, 2.05) is 18.7 Å². The van der Waals surface area contributed by atoms with Gasteiger partial charge >= 0.3 is 0 Å². The normalized spacial score (nSPS) is 18.9. The number of aromatic nitrogens is 2. The fourth-order valence-electron chi connectivity index (χ4n) is 2.09. The van der Waals surface area contributed by atoms with Crippen molar-refractivity contribution in [2.75, 3.05) is 35.2 Å². The Kier molecular flexibility index (Phi) is 4.32. The van der Waals surface area contributed by atoms with Crippen LogP contribution in [-0.4, -0.2) is 49.1 Å². The first kappa shape index (κ1) is 14.8. The van der Waals surface area contributed by atoms with Crippen molar-refractivity contribution < 1.29 is 13.2 Å².